The maximum atomic E-state index is 12.2. The summed E-state index contributed by atoms with van der Waals surface area (Å²) in [7, 11) is -3.38. The summed E-state index contributed by atoms with van der Waals surface area (Å²) in [5, 5.41) is 0. The molecule has 0 aromatic heterocycles. The molecule has 0 atom stereocenters. The van der Waals surface area contributed by atoms with Crippen molar-refractivity contribution in [3.8, 4) is 0 Å². The summed E-state index contributed by atoms with van der Waals surface area (Å²) in [6.07, 6.45) is 1.26. The fraction of sp³-hybridized carbons (Fsp3) is 0.727. The third-order valence-corrected chi connectivity index (χ3v) is 5.27. The van der Waals surface area contributed by atoms with Crippen molar-refractivity contribution in [3.63, 3.8) is 0 Å². The maximum Gasteiger partial charge on any atom is 0.282 e. The standard InChI is InChI=1S/C11H21N3O3S/c1-4-11(15)12-7-9-14(10-8-12)18(16,17)13(5-2)6-3/h4H,1,5-10H2,2-3H3. The van der Waals surface area contributed by atoms with E-state index in [2.05, 4.69) is 6.58 Å². The van der Waals surface area contributed by atoms with Crippen LogP contribution in [0.25, 0.3) is 0 Å². The quantitative estimate of drug-likeness (QED) is 0.659. The summed E-state index contributed by atoms with van der Waals surface area (Å²) in [6.45, 7) is 9.52. The van der Waals surface area contributed by atoms with E-state index in [-0.39, 0.29) is 5.91 Å². The van der Waals surface area contributed by atoms with Gasteiger partial charge in [0, 0.05) is 39.3 Å². The predicted octanol–water partition coefficient (Wildman–Crippen LogP) is -0.0968. The van der Waals surface area contributed by atoms with Crippen molar-refractivity contribution in [1.29, 1.82) is 0 Å². The minimum atomic E-state index is -3.38. The summed E-state index contributed by atoms with van der Waals surface area (Å²) in [5.41, 5.74) is 0. The van der Waals surface area contributed by atoms with Crippen LogP contribution in [0.15, 0.2) is 12.7 Å². The van der Waals surface area contributed by atoms with Crippen LogP contribution in [0.1, 0.15) is 13.8 Å². The first-order valence-corrected chi connectivity index (χ1v) is 7.53. The fourth-order valence-corrected chi connectivity index (χ4v) is 3.59. The van der Waals surface area contributed by atoms with E-state index in [1.165, 1.54) is 14.7 Å². The van der Waals surface area contributed by atoms with Crippen molar-refractivity contribution < 1.29 is 13.2 Å². The summed E-state index contributed by atoms with van der Waals surface area (Å²) in [5.74, 6) is -0.144. The van der Waals surface area contributed by atoms with Crippen molar-refractivity contribution in [2.75, 3.05) is 39.3 Å². The van der Waals surface area contributed by atoms with E-state index in [9.17, 15) is 13.2 Å². The van der Waals surface area contributed by atoms with Gasteiger partial charge < -0.3 is 4.90 Å². The van der Waals surface area contributed by atoms with Gasteiger partial charge in [-0.25, -0.2) is 0 Å². The molecule has 18 heavy (non-hydrogen) atoms. The van der Waals surface area contributed by atoms with Crippen molar-refractivity contribution in [1.82, 2.24) is 13.5 Å². The van der Waals surface area contributed by atoms with Gasteiger partial charge in [-0.3, -0.25) is 4.79 Å². The second-order valence-corrected chi connectivity index (χ2v) is 5.95. The lowest BCUT2D eigenvalue weighted by Gasteiger charge is -2.35. The molecule has 7 heteroatoms. The Bertz CT molecular complexity index is 396. The van der Waals surface area contributed by atoms with Crippen molar-refractivity contribution in [3.05, 3.63) is 12.7 Å². The molecular weight excluding hydrogens is 254 g/mol. The number of piperazine rings is 1. The van der Waals surface area contributed by atoms with Gasteiger partial charge in [-0.2, -0.15) is 17.0 Å². The lowest BCUT2D eigenvalue weighted by atomic mass is 10.3. The Hall–Kier alpha value is -0.920. The Morgan fingerprint density at radius 2 is 1.72 bits per heavy atom. The lowest BCUT2D eigenvalue weighted by molar-refractivity contribution is -0.127. The normalized spacial score (nSPS) is 18.1. The van der Waals surface area contributed by atoms with Crippen molar-refractivity contribution in [2.45, 2.75) is 13.8 Å². The molecule has 0 aliphatic carbocycles. The molecule has 0 aromatic rings. The average molecular weight is 275 g/mol. The summed E-state index contributed by atoms with van der Waals surface area (Å²) < 4.78 is 27.3. The Morgan fingerprint density at radius 3 is 2.11 bits per heavy atom. The van der Waals surface area contributed by atoms with Gasteiger partial charge in [0.15, 0.2) is 0 Å². The van der Waals surface area contributed by atoms with Crippen LogP contribution in [-0.4, -0.2) is 67.1 Å². The molecular formula is C11H21N3O3S. The van der Waals surface area contributed by atoms with Crippen LogP contribution in [0.5, 0.6) is 0 Å². The van der Waals surface area contributed by atoms with Gasteiger partial charge in [-0.05, 0) is 6.08 Å². The third kappa shape index (κ3) is 3.09. The number of hydrogen-bond acceptors (Lipinski definition) is 3. The van der Waals surface area contributed by atoms with Crippen LogP contribution in [0.2, 0.25) is 0 Å². The van der Waals surface area contributed by atoms with Gasteiger partial charge in [-0.1, -0.05) is 20.4 Å². The first-order chi connectivity index (χ1) is 8.47. The molecule has 0 aromatic carbocycles. The Labute approximate surface area is 109 Å². The Morgan fingerprint density at radius 1 is 1.22 bits per heavy atom. The second-order valence-electron chi connectivity index (χ2n) is 4.02. The molecule has 1 aliphatic rings. The zero-order valence-corrected chi connectivity index (χ0v) is 11.8. The minimum absolute atomic E-state index is 0.144. The molecule has 1 rings (SSSR count). The molecule has 1 saturated heterocycles. The maximum absolute atomic E-state index is 12.2. The molecule has 0 saturated carbocycles. The predicted molar refractivity (Wildman–Crippen MR) is 70.2 cm³/mol. The highest BCUT2D eigenvalue weighted by Crippen LogP contribution is 2.12. The summed E-state index contributed by atoms with van der Waals surface area (Å²) in [4.78, 5) is 13.0. The molecule has 104 valence electrons. The fourth-order valence-electron chi connectivity index (χ4n) is 1.98. The van der Waals surface area contributed by atoms with E-state index in [0.717, 1.165) is 0 Å². The van der Waals surface area contributed by atoms with E-state index in [1.807, 2.05) is 13.8 Å². The SMILES string of the molecule is C=CC(=O)N1CCN(S(=O)(=O)N(CC)CC)CC1. The highest BCUT2D eigenvalue weighted by atomic mass is 32.2. The van der Waals surface area contributed by atoms with Crippen molar-refractivity contribution in [2.24, 2.45) is 0 Å². The van der Waals surface area contributed by atoms with E-state index in [4.69, 9.17) is 0 Å². The molecule has 0 N–H and O–H groups in total. The Kier molecular flexibility index (Phi) is 5.30. The van der Waals surface area contributed by atoms with Gasteiger partial charge in [0.25, 0.3) is 10.2 Å². The highest BCUT2D eigenvalue weighted by molar-refractivity contribution is 7.86. The van der Waals surface area contributed by atoms with Gasteiger partial charge in [0.2, 0.25) is 5.91 Å². The molecule has 1 fully saturated rings. The average Bonchev–Trinajstić information content (AvgIpc) is 2.39. The number of nitrogens with zero attached hydrogens (tertiary/aromatic N) is 3. The second kappa shape index (κ2) is 6.31. The smallest absolute Gasteiger partial charge is 0.282 e. The van der Waals surface area contributed by atoms with E-state index in [0.29, 0.717) is 39.3 Å². The summed E-state index contributed by atoms with van der Waals surface area (Å²) >= 11 is 0. The first-order valence-electron chi connectivity index (χ1n) is 6.13. The van der Waals surface area contributed by atoms with Gasteiger partial charge in [0.05, 0.1) is 0 Å². The van der Waals surface area contributed by atoms with Crippen LogP contribution in [0.4, 0.5) is 0 Å². The van der Waals surface area contributed by atoms with E-state index >= 15 is 0 Å². The van der Waals surface area contributed by atoms with Crippen LogP contribution in [0, 0.1) is 0 Å². The van der Waals surface area contributed by atoms with Crippen LogP contribution < -0.4 is 0 Å². The van der Waals surface area contributed by atoms with Crippen LogP contribution >= 0.6 is 0 Å². The molecule has 0 radical (unpaired) electrons. The number of amides is 1. The lowest BCUT2D eigenvalue weighted by Crippen LogP contribution is -2.53. The zero-order chi connectivity index (χ0) is 13.8. The first kappa shape index (κ1) is 15.1. The third-order valence-electron chi connectivity index (χ3n) is 3.08. The number of carbonyl (C=O) groups excluding carboxylic acids is 1. The molecule has 1 amide bonds. The largest absolute Gasteiger partial charge is 0.337 e. The molecule has 6 nitrogen and oxygen atoms in total. The zero-order valence-electron chi connectivity index (χ0n) is 11.0. The van der Waals surface area contributed by atoms with Gasteiger partial charge in [0.1, 0.15) is 0 Å². The molecule has 0 bridgehead atoms. The number of rotatable bonds is 5. The van der Waals surface area contributed by atoms with Crippen molar-refractivity contribution >= 4 is 16.1 Å². The summed E-state index contributed by atoms with van der Waals surface area (Å²) in [6, 6.07) is 0. The minimum Gasteiger partial charge on any atom is -0.337 e. The van der Waals surface area contributed by atoms with Crippen LogP contribution in [0.3, 0.4) is 0 Å². The van der Waals surface area contributed by atoms with Crippen LogP contribution in [-0.2, 0) is 15.0 Å². The van der Waals surface area contributed by atoms with Gasteiger partial charge >= 0.3 is 0 Å². The highest BCUT2D eigenvalue weighted by Gasteiger charge is 2.31. The molecule has 0 unspecified atom stereocenters. The monoisotopic (exact) mass is 275 g/mol. The molecule has 1 aliphatic heterocycles. The Balaban J connectivity index is 2.67. The number of carbonyl (C=O) groups is 1. The topological polar surface area (TPSA) is 60.9 Å². The van der Waals surface area contributed by atoms with E-state index < -0.39 is 10.2 Å². The molecule has 1 heterocycles. The number of hydrogen-bond donors (Lipinski definition) is 0. The van der Waals surface area contributed by atoms with Gasteiger partial charge in [-0.15, -0.1) is 0 Å². The molecule has 0 spiro atoms. The van der Waals surface area contributed by atoms with E-state index in [1.54, 1.807) is 4.90 Å².